The monoisotopic (exact) mass is 363 g/mol. The van der Waals surface area contributed by atoms with Gasteiger partial charge >= 0.3 is 12.0 Å². The van der Waals surface area contributed by atoms with Gasteiger partial charge in [-0.05, 0) is 24.6 Å². The molecule has 0 spiro atoms. The van der Waals surface area contributed by atoms with Crippen LogP contribution in [0.25, 0.3) is 0 Å². The first-order valence-electron chi connectivity index (χ1n) is 6.67. The van der Waals surface area contributed by atoms with Gasteiger partial charge in [0.25, 0.3) is 0 Å². The number of nitrogens with zero attached hydrogens (tertiary/aromatic N) is 2. The molecule has 2 unspecified atom stereocenters. The third-order valence-electron chi connectivity index (χ3n) is 3.26. The number of hydrogen-bond donors (Lipinski definition) is 1. The average Bonchev–Trinajstić information content (AvgIpc) is 2.46. The molecule has 7 heteroatoms. The third-order valence-corrected chi connectivity index (χ3v) is 3.75. The summed E-state index contributed by atoms with van der Waals surface area (Å²) in [5.74, 6) is -1.20. The van der Waals surface area contributed by atoms with Gasteiger partial charge in [-0.25, -0.2) is 9.79 Å². The number of hydrogen-bond acceptors (Lipinski definition) is 4. The molecule has 0 saturated carbocycles. The van der Waals surface area contributed by atoms with E-state index in [1.54, 1.807) is 6.92 Å². The van der Waals surface area contributed by atoms with Gasteiger partial charge in [0.2, 0.25) is 0 Å². The van der Waals surface area contributed by atoms with Crippen LogP contribution in [0.4, 0.5) is 4.79 Å². The maximum Gasteiger partial charge on any atom is 0.341 e. The van der Waals surface area contributed by atoms with Crippen LogP contribution >= 0.6 is 15.9 Å². The summed E-state index contributed by atoms with van der Waals surface area (Å²) in [4.78, 5) is 27.7. The van der Waals surface area contributed by atoms with E-state index < -0.39 is 24.0 Å². The van der Waals surface area contributed by atoms with Crippen molar-refractivity contribution < 1.29 is 14.3 Å². The average molecular weight is 364 g/mol. The molecular weight excluding hydrogens is 350 g/mol. The highest BCUT2D eigenvalue weighted by Gasteiger charge is 2.37. The molecule has 22 heavy (non-hydrogen) atoms. The molecule has 2 rings (SSSR count). The minimum Gasteiger partial charge on any atom is -0.464 e. The van der Waals surface area contributed by atoms with E-state index in [-0.39, 0.29) is 13.0 Å². The van der Waals surface area contributed by atoms with Crippen molar-refractivity contribution >= 4 is 33.6 Å². The molecule has 6 nitrogen and oxygen atoms in total. The number of urea groups is 1. The molecule has 114 valence electrons. The second kappa shape index (κ2) is 7.18. The van der Waals surface area contributed by atoms with Crippen molar-refractivity contribution in [3.63, 3.8) is 0 Å². The topological polar surface area (TPSA) is 91.6 Å². The quantitative estimate of drug-likeness (QED) is 0.657. The predicted molar refractivity (Wildman–Crippen MR) is 83.2 cm³/mol. The summed E-state index contributed by atoms with van der Waals surface area (Å²) in [6.07, 6.45) is 0.128. The lowest BCUT2D eigenvalue weighted by atomic mass is 9.88. The molecule has 0 radical (unpaired) electrons. The minimum atomic E-state index is -0.703. The lowest BCUT2D eigenvalue weighted by molar-refractivity contribution is -0.146. The molecule has 1 aromatic carbocycles. The summed E-state index contributed by atoms with van der Waals surface area (Å²) in [5, 5.41) is 11.2. The zero-order valence-corrected chi connectivity index (χ0v) is 13.5. The van der Waals surface area contributed by atoms with Crippen LogP contribution in [0.2, 0.25) is 0 Å². The zero-order valence-electron chi connectivity index (χ0n) is 11.9. The fourth-order valence-corrected chi connectivity index (χ4v) is 2.71. The Morgan fingerprint density at radius 3 is 3.00 bits per heavy atom. The Hall–Kier alpha value is -2.20. The van der Waals surface area contributed by atoms with Crippen LogP contribution in [-0.4, -0.2) is 24.3 Å². The summed E-state index contributed by atoms with van der Waals surface area (Å²) >= 11 is 3.37. The lowest BCUT2D eigenvalue weighted by Gasteiger charge is -2.29. The highest BCUT2D eigenvalue weighted by molar-refractivity contribution is 9.10. The van der Waals surface area contributed by atoms with Gasteiger partial charge in [-0.2, -0.15) is 5.26 Å². The summed E-state index contributed by atoms with van der Waals surface area (Å²) in [6, 6.07) is 8.22. The Labute approximate surface area is 136 Å². The Balaban J connectivity index is 2.29. The number of carbonyl (C=O) groups excluding carboxylic acids is 2. The first-order valence-corrected chi connectivity index (χ1v) is 7.47. The molecule has 0 fully saturated rings. The van der Waals surface area contributed by atoms with Crippen molar-refractivity contribution in [2.75, 3.05) is 6.61 Å². The molecule has 0 saturated heterocycles. The smallest absolute Gasteiger partial charge is 0.341 e. The van der Waals surface area contributed by atoms with Gasteiger partial charge in [0.15, 0.2) is 0 Å². The number of nitrogens with one attached hydrogen (secondary N) is 1. The van der Waals surface area contributed by atoms with Gasteiger partial charge in [-0.15, -0.1) is 0 Å². The molecule has 1 aromatic rings. The van der Waals surface area contributed by atoms with Gasteiger partial charge in [0.05, 0.1) is 18.5 Å². The van der Waals surface area contributed by atoms with Crippen LogP contribution in [0, 0.1) is 17.2 Å². The second-order valence-electron chi connectivity index (χ2n) is 4.79. The van der Waals surface area contributed by atoms with Gasteiger partial charge in [0.1, 0.15) is 12.5 Å². The molecular formula is C15H14BrN3O3. The van der Waals surface area contributed by atoms with Crippen molar-refractivity contribution in [2.24, 2.45) is 10.9 Å². The Bertz CT molecular complexity index is 666. The van der Waals surface area contributed by atoms with Gasteiger partial charge in [-0.1, -0.05) is 28.1 Å². The molecule has 1 aliphatic rings. The van der Waals surface area contributed by atoms with E-state index >= 15 is 0 Å². The van der Waals surface area contributed by atoms with E-state index in [0.717, 1.165) is 10.0 Å². The van der Waals surface area contributed by atoms with Crippen molar-refractivity contribution in [3.8, 4) is 6.07 Å². The standard InChI is InChI=1S/C15H14BrN3O3/c1-9-12(14(20)22-7-3-6-17)13(19-15(21)18-9)10-4-2-5-11(16)8-10/h2,4-5,8,12-13H,3,7H2,1H3,(H,19,21). The second-order valence-corrected chi connectivity index (χ2v) is 5.70. The number of halogens is 1. The number of esters is 1. The van der Waals surface area contributed by atoms with E-state index in [4.69, 9.17) is 10.00 Å². The summed E-state index contributed by atoms with van der Waals surface area (Å²) in [6.45, 7) is 1.65. The largest absolute Gasteiger partial charge is 0.464 e. The van der Waals surface area contributed by atoms with Crippen LogP contribution in [0.3, 0.4) is 0 Å². The molecule has 1 heterocycles. The predicted octanol–water partition coefficient (Wildman–Crippen LogP) is 2.75. The number of ether oxygens (including phenoxy) is 1. The highest BCUT2D eigenvalue weighted by atomic mass is 79.9. The first-order chi connectivity index (χ1) is 10.5. The fourth-order valence-electron chi connectivity index (χ4n) is 2.29. The maximum atomic E-state index is 12.3. The van der Waals surface area contributed by atoms with Crippen LogP contribution in [0.15, 0.2) is 33.7 Å². The molecule has 2 amide bonds. The van der Waals surface area contributed by atoms with E-state index in [1.807, 2.05) is 30.3 Å². The van der Waals surface area contributed by atoms with E-state index in [0.29, 0.717) is 5.71 Å². The zero-order chi connectivity index (χ0) is 16.1. The van der Waals surface area contributed by atoms with Crippen molar-refractivity contribution in [1.29, 1.82) is 5.26 Å². The van der Waals surface area contributed by atoms with Crippen LogP contribution in [0.5, 0.6) is 0 Å². The summed E-state index contributed by atoms with van der Waals surface area (Å²) in [5.41, 5.74) is 1.18. The lowest BCUT2D eigenvalue weighted by Crippen LogP contribution is -2.44. The Morgan fingerprint density at radius 1 is 1.55 bits per heavy atom. The molecule has 0 bridgehead atoms. The Morgan fingerprint density at radius 2 is 2.32 bits per heavy atom. The molecule has 1 N–H and O–H groups in total. The fraction of sp³-hybridized carbons (Fsp3) is 0.333. The molecule has 0 aliphatic carbocycles. The molecule has 1 aliphatic heterocycles. The number of benzene rings is 1. The minimum absolute atomic E-state index is 0.0261. The van der Waals surface area contributed by atoms with Gasteiger partial charge in [0, 0.05) is 10.2 Å². The van der Waals surface area contributed by atoms with E-state index in [2.05, 4.69) is 26.2 Å². The number of amides is 2. The van der Waals surface area contributed by atoms with E-state index in [9.17, 15) is 9.59 Å². The summed E-state index contributed by atoms with van der Waals surface area (Å²) in [7, 11) is 0. The van der Waals surface area contributed by atoms with Crippen LogP contribution in [-0.2, 0) is 9.53 Å². The van der Waals surface area contributed by atoms with Gasteiger partial charge < -0.3 is 10.1 Å². The van der Waals surface area contributed by atoms with Gasteiger partial charge in [-0.3, -0.25) is 4.79 Å². The third kappa shape index (κ3) is 3.71. The number of nitriles is 1. The number of aliphatic imine (C=N–C) groups is 1. The first kappa shape index (κ1) is 16.2. The van der Waals surface area contributed by atoms with Crippen molar-refractivity contribution in [1.82, 2.24) is 5.32 Å². The SMILES string of the molecule is CC1=NC(=O)NC(c2cccc(Br)c2)C1C(=O)OCCC#N. The normalized spacial score (nSPS) is 20.6. The van der Waals surface area contributed by atoms with E-state index in [1.165, 1.54) is 0 Å². The van der Waals surface area contributed by atoms with Crippen LogP contribution < -0.4 is 5.32 Å². The summed E-state index contributed by atoms with van der Waals surface area (Å²) < 4.78 is 5.95. The van der Waals surface area contributed by atoms with Crippen LogP contribution in [0.1, 0.15) is 24.9 Å². The van der Waals surface area contributed by atoms with Crippen molar-refractivity contribution in [3.05, 3.63) is 34.3 Å². The highest BCUT2D eigenvalue weighted by Crippen LogP contribution is 2.29. The molecule has 2 atom stereocenters. The van der Waals surface area contributed by atoms with Crippen molar-refractivity contribution in [2.45, 2.75) is 19.4 Å². The Kier molecular flexibility index (Phi) is 5.28. The number of carbonyl (C=O) groups is 2. The maximum absolute atomic E-state index is 12.3. The number of rotatable bonds is 4. The molecule has 0 aromatic heterocycles.